The molecule has 2 heterocycles. The van der Waals surface area contributed by atoms with Gasteiger partial charge in [-0.05, 0) is 80.2 Å². The van der Waals surface area contributed by atoms with E-state index in [0.717, 1.165) is 34.6 Å². The third kappa shape index (κ3) is 9.56. The number of hydrogen-bond donors (Lipinski definition) is 1. The van der Waals surface area contributed by atoms with Gasteiger partial charge in [-0.2, -0.15) is 5.10 Å². The molecule has 0 amide bonds. The summed E-state index contributed by atoms with van der Waals surface area (Å²) in [6.45, 7) is 8.91. The number of aryl methyl sites for hydroxylation is 1. The third-order valence-electron chi connectivity index (χ3n) is 7.83. The molecule has 0 bridgehead atoms. The van der Waals surface area contributed by atoms with Gasteiger partial charge in [-0.15, -0.1) is 0 Å². The molecule has 0 spiro atoms. The van der Waals surface area contributed by atoms with E-state index in [1.807, 2.05) is 31.3 Å². The van der Waals surface area contributed by atoms with E-state index in [1.54, 1.807) is 5.57 Å². The predicted octanol–water partition coefficient (Wildman–Crippen LogP) is 11.0. The first kappa shape index (κ1) is 30.5. The Morgan fingerprint density at radius 1 is 0.927 bits per heavy atom. The van der Waals surface area contributed by atoms with Crippen molar-refractivity contribution in [3.05, 3.63) is 113 Å². The number of aromatic amines is 1. The van der Waals surface area contributed by atoms with Crippen LogP contribution in [0.3, 0.4) is 0 Å². The van der Waals surface area contributed by atoms with Gasteiger partial charge in [0.15, 0.2) is 0 Å². The smallest absolute Gasteiger partial charge is 0.0912 e. The van der Waals surface area contributed by atoms with Gasteiger partial charge in [0.1, 0.15) is 0 Å². The van der Waals surface area contributed by atoms with Gasteiger partial charge in [0.05, 0.1) is 17.6 Å². The van der Waals surface area contributed by atoms with Crippen molar-refractivity contribution in [3.63, 3.8) is 0 Å². The van der Waals surface area contributed by atoms with E-state index >= 15 is 0 Å². The normalized spacial score (nSPS) is 18.3. The molecule has 216 valence electrons. The molecule has 0 saturated heterocycles. The van der Waals surface area contributed by atoms with Crippen molar-refractivity contribution >= 4 is 5.57 Å². The summed E-state index contributed by atoms with van der Waals surface area (Å²) in [6.07, 6.45) is 36.7. The number of unbranched alkanes of at least 4 members (excludes halogenated alkanes) is 5. The van der Waals surface area contributed by atoms with Crippen molar-refractivity contribution in [2.24, 2.45) is 5.92 Å². The van der Waals surface area contributed by atoms with Crippen molar-refractivity contribution in [2.45, 2.75) is 98.3 Å². The number of nitrogens with one attached hydrogen (secondary N) is 1. The molecule has 0 aromatic carbocycles. The monoisotopic (exact) mass is 547 g/mol. The van der Waals surface area contributed by atoms with Crippen molar-refractivity contribution in [1.29, 1.82) is 0 Å². The van der Waals surface area contributed by atoms with Crippen LogP contribution in [0.25, 0.3) is 17.0 Å². The molecule has 0 saturated carbocycles. The fraction of sp³-hybridized carbons (Fsp3) is 0.421. The fourth-order valence-corrected chi connectivity index (χ4v) is 5.81. The Balaban J connectivity index is 1.27. The Kier molecular flexibility index (Phi) is 12.0. The van der Waals surface area contributed by atoms with Gasteiger partial charge in [-0.3, -0.25) is 10.1 Å². The second-order valence-corrected chi connectivity index (χ2v) is 11.9. The zero-order valence-corrected chi connectivity index (χ0v) is 25.8. The van der Waals surface area contributed by atoms with Crippen LogP contribution in [-0.2, 0) is 0 Å². The number of nitrogens with zero attached hydrogens (tertiary/aromatic N) is 2. The summed E-state index contributed by atoms with van der Waals surface area (Å²) in [6, 6.07) is 6.09. The Bertz CT molecular complexity index is 1350. The van der Waals surface area contributed by atoms with Crippen LogP contribution in [0.5, 0.6) is 0 Å². The van der Waals surface area contributed by atoms with E-state index in [2.05, 4.69) is 85.7 Å². The van der Waals surface area contributed by atoms with Crippen molar-refractivity contribution < 1.29 is 0 Å². The number of H-pyrrole nitrogens is 1. The molecular formula is C38H49N3. The number of allylic oxidation sites excluding steroid dienone is 14. The Labute approximate surface area is 248 Å². The van der Waals surface area contributed by atoms with Crippen molar-refractivity contribution in [1.82, 2.24) is 15.2 Å². The quantitative estimate of drug-likeness (QED) is 0.189. The second kappa shape index (κ2) is 16.1. The van der Waals surface area contributed by atoms with Gasteiger partial charge in [0, 0.05) is 11.3 Å². The molecule has 2 aromatic rings. The molecule has 41 heavy (non-hydrogen) atoms. The average molecular weight is 548 g/mol. The van der Waals surface area contributed by atoms with Gasteiger partial charge in [0.2, 0.25) is 0 Å². The maximum atomic E-state index is 4.70. The van der Waals surface area contributed by atoms with Crippen molar-refractivity contribution in [3.8, 4) is 11.4 Å². The summed E-state index contributed by atoms with van der Waals surface area (Å²) in [5.74, 6) is 0.677. The molecule has 4 rings (SSSR count). The molecule has 3 nitrogen and oxygen atoms in total. The minimum absolute atomic E-state index is 0.677. The molecule has 0 atom stereocenters. The Hall–Kier alpha value is -3.46. The summed E-state index contributed by atoms with van der Waals surface area (Å²) in [5.41, 5.74) is 10.8. The highest BCUT2D eigenvalue weighted by Gasteiger charge is 2.13. The number of hydrogen-bond acceptors (Lipinski definition) is 2. The number of pyridine rings is 1. The van der Waals surface area contributed by atoms with Gasteiger partial charge in [-0.1, -0.05) is 125 Å². The number of fused-ring (bicyclic) bond motifs is 1. The van der Waals surface area contributed by atoms with E-state index in [1.165, 1.54) is 80.9 Å². The zero-order valence-electron chi connectivity index (χ0n) is 25.8. The summed E-state index contributed by atoms with van der Waals surface area (Å²) in [5, 5.41) is 7.50. The van der Waals surface area contributed by atoms with Crippen LogP contribution in [0.2, 0.25) is 0 Å². The van der Waals surface area contributed by atoms with Gasteiger partial charge in [-0.25, -0.2) is 0 Å². The molecule has 2 aliphatic rings. The van der Waals surface area contributed by atoms with E-state index in [9.17, 15) is 0 Å². The van der Waals surface area contributed by atoms with E-state index in [4.69, 9.17) is 4.98 Å². The first-order valence-corrected chi connectivity index (χ1v) is 15.9. The largest absolute Gasteiger partial charge is 0.276 e. The Morgan fingerprint density at radius 2 is 1.73 bits per heavy atom. The van der Waals surface area contributed by atoms with Gasteiger partial charge < -0.3 is 0 Å². The maximum Gasteiger partial charge on any atom is 0.0912 e. The first-order chi connectivity index (χ1) is 20.0. The van der Waals surface area contributed by atoms with Crippen LogP contribution in [0.4, 0.5) is 0 Å². The number of rotatable bonds is 14. The summed E-state index contributed by atoms with van der Waals surface area (Å²) >= 11 is 0. The second-order valence-electron chi connectivity index (χ2n) is 11.9. The van der Waals surface area contributed by atoms with Crippen LogP contribution in [0.15, 0.2) is 101 Å². The Morgan fingerprint density at radius 3 is 2.54 bits per heavy atom. The molecule has 2 aromatic heterocycles. The first-order valence-electron chi connectivity index (χ1n) is 15.9. The van der Waals surface area contributed by atoms with Crippen LogP contribution in [0.1, 0.15) is 103 Å². The van der Waals surface area contributed by atoms with E-state index in [-0.39, 0.29) is 0 Å². The molecule has 1 N–H and O–H groups in total. The topological polar surface area (TPSA) is 41.6 Å². The highest BCUT2D eigenvalue weighted by atomic mass is 15.1. The molecule has 0 aliphatic heterocycles. The molecule has 0 radical (unpaired) electrons. The molecule has 0 fully saturated rings. The highest BCUT2D eigenvalue weighted by Crippen LogP contribution is 2.31. The lowest BCUT2D eigenvalue weighted by atomic mass is 9.96. The van der Waals surface area contributed by atoms with Crippen LogP contribution >= 0.6 is 0 Å². The lowest BCUT2D eigenvalue weighted by Gasteiger charge is -2.10. The molecule has 0 unspecified atom stereocenters. The zero-order chi connectivity index (χ0) is 28.9. The lowest BCUT2D eigenvalue weighted by molar-refractivity contribution is 0.587. The highest BCUT2D eigenvalue weighted by molar-refractivity contribution is 5.84. The summed E-state index contributed by atoms with van der Waals surface area (Å²) in [7, 11) is 0. The van der Waals surface area contributed by atoms with Gasteiger partial charge >= 0.3 is 0 Å². The van der Waals surface area contributed by atoms with E-state index < -0.39 is 0 Å². The van der Waals surface area contributed by atoms with Crippen molar-refractivity contribution in [2.75, 3.05) is 0 Å². The third-order valence-corrected chi connectivity index (χ3v) is 7.83. The van der Waals surface area contributed by atoms with Crippen LogP contribution in [0, 0.1) is 12.8 Å². The molecular weight excluding hydrogens is 498 g/mol. The summed E-state index contributed by atoms with van der Waals surface area (Å²) in [4.78, 5) is 4.70. The van der Waals surface area contributed by atoms with Crippen LogP contribution in [-0.4, -0.2) is 15.2 Å². The minimum atomic E-state index is 0.677. The summed E-state index contributed by atoms with van der Waals surface area (Å²) < 4.78 is 0. The van der Waals surface area contributed by atoms with Gasteiger partial charge in [0.25, 0.3) is 0 Å². The standard InChI is InChI=1S/C38H49N3/c1-5-15-31(26-29(2)3)17-10-8-6-7-9-11-18-32-19-13-20-33-24-25-34(21-14-22-35(33)27-32)36-28-39-41-38(36)37-23-12-16-30(4)40-37/h12,14,16,19-29H,5-11,13,15,17-18H2,1-4H3,(H,39,41)/b22-14+,25-24-,31-26+,34-21-. The van der Waals surface area contributed by atoms with Crippen LogP contribution < -0.4 is 0 Å². The maximum absolute atomic E-state index is 4.70. The fourth-order valence-electron chi connectivity index (χ4n) is 5.81. The predicted molar refractivity (Wildman–Crippen MR) is 176 cm³/mol. The number of aromatic nitrogens is 3. The SMILES string of the molecule is CCC/C(=C\C(C)C)CCCCCCCCC1=CCC=C2\C=C/C(c3cn[nH]c3-c3cccc(C)n3)=C/C=C/C2=C1. The minimum Gasteiger partial charge on any atom is -0.276 e. The molecule has 2 aliphatic carbocycles. The molecule has 3 heteroatoms. The lowest BCUT2D eigenvalue weighted by Crippen LogP contribution is -1.92. The average Bonchev–Trinajstić information content (AvgIpc) is 3.34. The van der Waals surface area contributed by atoms with E-state index in [0.29, 0.717) is 5.92 Å².